The molecule has 20 heavy (non-hydrogen) atoms. The van der Waals surface area contributed by atoms with Crippen molar-refractivity contribution in [3.8, 4) is 5.75 Å². The molecule has 0 fully saturated rings. The average molecular weight is 289 g/mol. The molecule has 2 aromatic rings. The van der Waals surface area contributed by atoms with Gasteiger partial charge in [-0.05, 0) is 43.3 Å². The lowest BCUT2D eigenvalue weighted by atomic mass is 10.1. The summed E-state index contributed by atoms with van der Waals surface area (Å²) in [6.07, 6.45) is 0. The van der Waals surface area contributed by atoms with Crippen molar-refractivity contribution in [2.45, 2.75) is 26.7 Å². The Bertz CT molecular complexity index is 598. The van der Waals surface area contributed by atoms with Gasteiger partial charge in [-0.1, -0.05) is 18.2 Å². The van der Waals surface area contributed by atoms with Gasteiger partial charge in [0.2, 0.25) is 5.91 Å². The number of hydrogen-bond acceptors (Lipinski definition) is 3. The number of methoxy groups -OCH3 is 1. The number of para-hydroxylation sites is 1. The molecular weight excluding hydrogens is 270 g/mol. The number of benzene rings is 1. The second-order valence-electron chi connectivity index (χ2n) is 4.83. The Hall–Kier alpha value is -1.81. The summed E-state index contributed by atoms with van der Waals surface area (Å²) in [6, 6.07) is 7.88. The van der Waals surface area contributed by atoms with Crippen LogP contribution >= 0.6 is 11.3 Å². The van der Waals surface area contributed by atoms with Gasteiger partial charge in [0.25, 0.3) is 0 Å². The van der Waals surface area contributed by atoms with Crippen molar-refractivity contribution >= 4 is 22.9 Å². The first-order chi connectivity index (χ1) is 9.54. The Morgan fingerprint density at radius 3 is 2.50 bits per heavy atom. The van der Waals surface area contributed by atoms with E-state index in [0.717, 1.165) is 27.4 Å². The highest BCUT2D eigenvalue weighted by Gasteiger charge is 2.21. The topological polar surface area (TPSA) is 38.3 Å². The Kier molecular flexibility index (Phi) is 4.45. The molecule has 0 radical (unpaired) electrons. The third-order valence-electron chi connectivity index (χ3n) is 3.39. The number of carbonyl (C=O) groups excluding carboxylic acids is 1. The van der Waals surface area contributed by atoms with Crippen LogP contribution in [0.2, 0.25) is 0 Å². The lowest BCUT2D eigenvalue weighted by Gasteiger charge is -2.15. The minimum atomic E-state index is -0.232. The van der Waals surface area contributed by atoms with Crippen LogP contribution in [0.3, 0.4) is 0 Å². The maximum absolute atomic E-state index is 12.4. The van der Waals surface area contributed by atoms with Gasteiger partial charge < -0.3 is 10.1 Å². The molecule has 0 saturated carbocycles. The van der Waals surface area contributed by atoms with Gasteiger partial charge in [0.05, 0.1) is 17.9 Å². The molecule has 1 N–H and O–H groups in total. The van der Waals surface area contributed by atoms with Crippen molar-refractivity contribution in [2.75, 3.05) is 12.4 Å². The second-order valence-corrected chi connectivity index (χ2v) is 5.78. The van der Waals surface area contributed by atoms with E-state index in [1.54, 1.807) is 18.4 Å². The van der Waals surface area contributed by atoms with Crippen LogP contribution in [0.25, 0.3) is 0 Å². The van der Waals surface area contributed by atoms with Crippen molar-refractivity contribution in [2.24, 2.45) is 0 Å². The van der Waals surface area contributed by atoms with Crippen LogP contribution in [-0.4, -0.2) is 13.0 Å². The Balaban J connectivity index is 2.20. The minimum absolute atomic E-state index is 0.0110. The number of rotatable bonds is 4. The largest absolute Gasteiger partial charge is 0.496 e. The van der Waals surface area contributed by atoms with E-state index < -0.39 is 0 Å². The molecular formula is C16H19NO2S. The number of ether oxygens (including phenoxy) is 1. The highest BCUT2D eigenvalue weighted by atomic mass is 32.1. The van der Waals surface area contributed by atoms with Crippen molar-refractivity contribution < 1.29 is 9.53 Å². The molecule has 0 aliphatic carbocycles. The van der Waals surface area contributed by atoms with Crippen molar-refractivity contribution in [1.29, 1.82) is 0 Å². The molecule has 0 aliphatic heterocycles. The zero-order valence-electron chi connectivity index (χ0n) is 12.2. The van der Waals surface area contributed by atoms with Crippen LogP contribution in [0.1, 0.15) is 28.8 Å². The van der Waals surface area contributed by atoms with Gasteiger partial charge in [0.15, 0.2) is 0 Å². The highest BCUT2D eigenvalue weighted by molar-refractivity contribution is 7.10. The number of hydrogen-bond donors (Lipinski definition) is 1. The monoisotopic (exact) mass is 289 g/mol. The third kappa shape index (κ3) is 2.85. The summed E-state index contributed by atoms with van der Waals surface area (Å²) in [5.41, 5.74) is 3.05. The molecule has 1 atom stereocenters. The molecule has 3 nitrogen and oxygen atoms in total. The summed E-state index contributed by atoms with van der Waals surface area (Å²) in [5.74, 6) is 0.534. The van der Waals surface area contributed by atoms with Gasteiger partial charge in [-0.2, -0.15) is 0 Å². The normalized spacial score (nSPS) is 12.0. The van der Waals surface area contributed by atoms with Crippen LogP contribution in [0.15, 0.2) is 29.6 Å². The first-order valence-electron chi connectivity index (χ1n) is 6.53. The maximum Gasteiger partial charge on any atom is 0.232 e. The molecule has 0 aliphatic rings. The fourth-order valence-corrected chi connectivity index (χ4v) is 3.07. The van der Waals surface area contributed by atoms with E-state index in [2.05, 4.69) is 5.32 Å². The molecule has 0 saturated heterocycles. The molecule has 4 heteroatoms. The minimum Gasteiger partial charge on any atom is -0.496 e. The van der Waals surface area contributed by atoms with E-state index >= 15 is 0 Å². The predicted octanol–water partition coefficient (Wildman–Crippen LogP) is 4.12. The van der Waals surface area contributed by atoms with Gasteiger partial charge in [-0.25, -0.2) is 0 Å². The number of carbonyl (C=O) groups is 1. The van der Waals surface area contributed by atoms with Crippen LogP contribution in [0, 0.1) is 13.8 Å². The first-order valence-corrected chi connectivity index (χ1v) is 7.41. The molecule has 0 spiro atoms. The summed E-state index contributed by atoms with van der Waals surface area (Å²) in [6.45, 7) is 5.90. The van der Waals surface area contributed by atoms with E-state index in [9.17, 15) is 4.79 Å². The number of thiophene rings is 1. The van der Waals surface area contributed by atoms with Crippen LogP contribution in [-0.2, 0) is 4.79 Å². The van der Waals surface area contributed by atoms with Crippen LogP contribution in [0.5, 0.6) is 5.75 Å². The second kappa shape index (κ2) is 6.09. The standard InChI is InChI=1S/C16H19NO2S/c1-10-6-5-7-11(2)14(10)17-16(18)12(3)15-13(19-4)8-9-20-15/h5-9,12H,1-4H3,(H,17,18). The quantitative estimate of drug-likeness (QED) is 0.919. The number of aryl methyl sites for hydroxylation is 2. The van der Waals surface area contributed by atoms with E-state index in [1.807, 2.05) is 50.4 Å². The third-order valence-corrected chi connectivity index (χ3v) is 4.47. The first kappa shape index (κ1) is 14.6. The lowest BCUT2D eigenvalue weighted by molar-refractivity contribution is -0.117. The smallest absolute Gasteiger partial charge is 0.232 e. The Morgan fingerprint density at radius 2 is 1.90 bits per heavy atom. The van der Waals surface area contributed by atoms with Crippen molar-refractivity contribution in [3.63, 3.8) is 0 Å². The van der Waals surface area contributed by atoms with E-state index in [0.29, 0.717) is 0 Å². The van der Waals surface area contributed by atoms with Crippen LogP contribution < -0.4 is 10.1 Å². The van der Waals surface area contributed by atoms with Crippen molar-refractivity contribution in [1.82, 2.24) is 0 Å². The van der Waals surface area contributed by atoms with E-state index in [-0.39, 0.29) is 11.8 Å². The molecule has 106 valence electrons. The summed E-state index contributed by atoms with van der Waals surface area (Å²) < 4.78 is 5.28. The number of nitrogens with one attached hydrogen (secondary N) is 1. The Morgan fingerprint density at radius 1 is 1.25 bits per heavy atom. The molecule has 1 unspecified atom stereocenters. The summed E-state index contributed by atoms with van der Waals surface area (Å²) in [4.78, 5) is 13.4. The molecule has 1 amide bonds. The average Bonchev–Trinajstić information content (AvgIpc) is 2.90. The van der Waals surface area contributed by atoms with Crippen LogP contribution in [0.4, 0.5) is 5.69 Å². The number of amides is 1. The molecule has 1 aromatic heterocycles. The van der Waals surface area contributed by atoms with Gasteiger partial charge in [0.1, 0.15) is 5.75 Å². The van der Waals surface area contributed by atoms with E-state index in [4.69, 9.17) is 4.74 Å². The Labute approximate surface area is 123 Å². The SMILES string of the molecule is COc1ccsc1C(C)C(=O)Nc1c(C)cccc1C. The maximum atomic E-state index is 12.4. The number of anilines is 1. The summed E-state index contributed by atoms with van der Waals surface area (Å²) in [7, 11) is 1.63. The molecule has 0 bridgehead atoms. The fraction of sp³-hybridized carbons (Fsp3) is 0.312. The van der Waals surface area contributed by atoms with Gasteiger partial charge in [-0.15, -0.1) is 11.3 Å². The fourth-order valence-electron chi connectivity index (χ4n) is 2.16. The highest BCUT2D eigenvalue weighted by Crippen LogP contribution is 2.33. The molecule has 1 aromatic carbocycles. The van der Waals surface area contributed by atoms with Gasteiger partial charge in [0, 0.05) is 5.69 Å². The lowest BCUT2D eigenvalue weighted by Crippen LogP contribution is -2.19. The zero-order valence-corrected chi connectivity index (χ0v) is 13.0. The van der Waals surface area contributed by atoms with E-state index in [1.165, 1.54) is 0 Å². The van der Waals surface area contributed by atoms with Gasteiger partial charge in [-0.3, -0.25) is 4.79 Å². The van der Waals surface area contributed by atoms with Crippen molar-refractivity contribution in [3.05, 3.63) is 45.6 Å². The molecule has 1 heterocycles. The summed E-state index contributed by atoms with van der Waals surface area (Å²) >= 11 is 1.54. The molecule has 2 rings (SSSR count). The summed E-state index contributed by atoms with van der Waals surface area (Å²) in [5, 5.41) is 4.97. The zero-order chi connectivity index (χ0) is 14.7. The predicted molar refractivity (Wildman–Crippen MR) is 83.8 cm³/mol. The van der Waals surface area contributed by atoms with Gasteiger partial charge >= 0.3 is 0 Å².